The third-order valence-electron chi connectivity index (χ3n) is 2.71. The van der Waals surface area contributed by atoms with Gasteiger partial charge in [0.1, 0.15) is 5.75 Å². The Morgan fingerprint density at radius 2 is 2.21 bits per heavy atom. The quantitative estimate of drug-likeness (QED) is 0.776. The van der Waals surface area contributed by atoms with E-state index in [-0.39, 0.29) is 0 Å². The van der Waals surface area contributed by atoms with Gasteiger partial charge in [-0.1, -0.05) is 6.07 Å². The lowest BCUT2D eigenvalue weighted by Crippen LogP contribution is -2.57. The fraction of sp³-hybridized carbons (Fsp3) is 0.455. The van der Waals surface area contributed by atoms with Crippen molar-refractivity contribution in [1.29, 1.82) is 0 Å². The van der Waals surface area contributed by atoms with Crippen LogP contribution in [0.4, 0.5) is 5.69 Å². The van der Waals surface area contributed by atoms with Gasteiger partial charge in [-0.15, -0.1) is 0 Å². The van der Waals surface area contributed by atoms with Crippen LogP contribution in [-0.4, -0.2) is 33.3 Å². The molecule has 0 spiro atoms. The molecule has 0 bridgehead atoms. The highest BCUT2D eigenvalue weighted by molar-refractivity contribution is 5.53. The molecule has 3 heteroatoms. The van der Waals surface area contributed by atoms with Crippen LogP contribution in [-0.2, 0) is 0 Å². The average Bonchev–Trinajstić information content (AvgIpc) is 2.17. The van der Waals surface area contributed by atoms with Crippen molar-refractivity contribution in [3.8, 4) is 5.75 Å². The molecule has 1 fully saturated rings. The monoisotopic (exact) mass is 192 g/mol. The second-order valence-electron chi connectivity index (χ2n) is 3.59. The molecule has 1 saturated heterocycles. The summed E-state index contributed by atoms with van der Waals surface area (Å²) in [6.07, 6.45) is 0. The van der Waals surface area contributed by atoms with Crippen molar-refractivity contribution >= 4 is 5.69 Å². The maximum absolute atomic E-state index is 5.18. The summed E-state index contributed by atoms with van der Waals surface area (Å²) in [7, 11) is 3.71. The van der Waals surface area contributed by atoms with Crippen LogP contribution in [0.2, 0.25) is 0 Å². The number of hydrogen-bond acceptors (Lipinski definition) is 3. The summed E-state index contributed by atoms with van der Waals surface area (Å²) in [6, 6.07) is 8.83. The van der Waals surface area contributed by atoms with Gasteiger partial charge in [0, 0.05) is 30.9 Å². The first kappa shape index (κ1) is 9.34. The molecule has 0 radical (unpaired) electrons. The largest absolute Gasteiger partial charge is 0.497 e. The Balaban J connectivity index is 2.03. The number of nitrogens with zero attached hydrogens (tertiary/aromatic N) is 1. The molecule has 3 nitrogen and oxygen atoms in total. The minimum atomic E-state index is 0.640. The fourth-order valence-corrected chi connectivity index (χ4v) is 1.68. The van der Waals surface area contributed by atoms with Crippen LogP contribution in [0.5, 0.6) is 5.75 Å². The molecule has 0 unspecified atom stereocenters. The van der Waals surface area contributed by atoms with E-state index in [0.717, 1.165) is 18.8 Å². The van der Waals surface area contributed by atoms with Gasteiger partial charge in [-0.25, -0.2) is 0 Å². The summed E-state index contributed by atoms with van der Waals surface area (Å²) in [6.45, 7) is 2.17. The molecule has 0 amide bonds. The number of benzene rings is 1. The van der Waals surface area contributed by atoms with E-state index in [1.807, 2.05) is 19.2 Å². The van der Waals surface area contributed by atoms with E-state index >= 15 is 0 Å². The van der Waals surface area contributed by atoms with Crippen LogP contribution in [0.1, 0.15) is 0 Å². The Morgan fingerprint density at radius 1 is 1.43 bits per heavy atom. The van der Waals surface area contributed by atoms with Gasteiger partial charge in [-0.2, -0.15) is 0 Å². The summed E-state index contributed by atoms with van der Waals surface area (Å²) >= 11 is 0. The maximum atomic E-state index is 5.18. The summed E-state index contributed by atoms with van der Waals surface area (Å²) in [5.74, 6) is 0.926. The number of rotatable bonds is 3. The molecule has 2 rings (SSSR count). The molecule has 0 aliphatic carbocycles. The third kappa shape index (κ3) is 1.68. The lowest BCUT2D eigenvalue weighted by molar-refractivity contribution is 0.413. The molecule has 0 saturated carbocycles. The van der Waals surface area contributed by atoms with Crippen LogP contribution in [0.15, 0.2) is 24.3 Å². The van der Waals surface area contributed by atoms with Gasteiger partial charge in [0.15, 0.2) is 0 Å². The zero-order valence-corrected chi connectivity index (χ0v) is 8.66. The first-order chi connectivity index (χ1) is 6.83. The van der Waals surface area contributed by atoms with E-state index in [1.165, 1.54) is 5.69 Å². The molecule has 1 aliphatic rings. The van der Waals surface area contributed by atoms with E-state index in [4.69, 9.17) is 4.74 Å². The second-order valence-corrected chi connectivity index (χ2v) is 3.59. The molecule has 1 aromatic rings. The second kappa shape index (κ2) is 3.88. The van der Waals surface area contributed by atoms with Crippen molar-refractivity contribution in [3.05, 3.63) is 24.3 Å². The molecule has 1 heterocycles. The summed E-state index contributed by atoms with van der Waals surface area (Å²) in [4.78, 5) is 2.34. The Hall–Kier alpha value is -1.22. The van der Waals surface area contributed by atoms with Gasteiger partial charge < -0.3 is 15.0 Å². The maximum Gasteiger partial charge on any atom is 0.120 e. The predicted octanol–water partition coefficient (Wildman–Crippen LogP) is 1.10. The molecule has 0 aromatic heterocycles. The predicted molar refractivity (Wildman–Crippen MR) is 58.1 cm³/mol. The Labute approximate surface area is 84.7 Å². The van der Waals surface area contributed by atoms with Crippen LogP contribution in [0.25, 0.3) is 0 Å². The van der Waals surface area contributed by atoms with Gasteiger partial charge in [0.25, 0.3) is 0 Å². The molecule has 1 N–H and O–H groups in total. The zero-order valence-electron chi connectivity index (χ0n) is 8.66. The minimum absolute atomic E-state index is 0.640. The average molecular weight is 192 g/mol. The van der Waals surface area contributed by atoms with E-state index in [0.29, 0.717) is 6.04 Å². The van der Waals surface area contributed by atoms with Crippen molar-refractivity contribution in [3.63, 3.8) is 0 Å². The third-order valence-corrected chi connectivity index (χ3v) is 2.71. The van der Waals surface area contributed by atoms with Gasteiger partial charge in [0.05, 0.1) is 7.11 Å². The van der Waals surface area contributed by atoms with Crippen LogP contribution in [0, 0.1) is 0 Å². The number of nitrogens with one attached hydrogen (secondary N) is 1. The van der Waals surface area contributed by atoms with Crippen LogP contribution >= 0.6 is 0 Å². The number of ether oxygens (including phenoxy) is 1. The van der Waals surface area contributed by atoms with Crippen LogP contribution < -0.4 is 15.0 Å². The van der Waals surface area contributed by atoms with Crippen molar-refractivity contribution in [2.24, 2.45) is 0 Å². The first-order valence-corrected chi connectivity index (χ1v) is 4.89. The number of methoxy groups -OCH3 is 1. The molecule has 76 valence electrons. The van der Waals surface area contributed by atoms with E-state index in [2.05, 4.69) is 22.3 Å². The van der Waals surface area contributed by atoms with Crippen molar-refractivity contribution in [1.82, 2.24) is 5.32 Å². The Bertz CT molecular complexity index is 308. The summed E-state index contributed by atoms with van der Waals surface area (Å²) < 4.78 is 5.18. The Morgan fingerprint density at radius 3 is 2.86 bits per heavy atom. The normalized spacial score (nSPS) is 16.6. The summed E-state index contributed by atoms with van der Waals surface area (Å²) in [5, 5.41) is 3.26. The molecule has 1 aromatic carbocycles. The van der Waals surface area contributed by atoms with E-state index < -0.39 is 0 Å². The van der Waals surface area contributed by atoms with Gasteiger partial charge in [0.2, 0.25) is 0 Å². The molecular formula is C11H16N2O. The molecule has 1 aliphatic heterocycles. The van der Waals surface area contributed by atoms with Gasteiger partial charge >= 0.3 is 0 Å². The lowest BCUT2D eigenvalue weighted by Gasteiger charge is -2.40. The molecule has 14 heavy (non-hydrogen) atoms. The Kier molecular flexibility index (Phi) is 2.59. The van der Waals surface area contributed by atoms with Gasteiger partial charge in [-0.05, 0) is 19.2 Å². The standard InChI is InChI=1S/C11H16N2O/c1-12-9-7-13(8-9)10-4-3-5-11(6-10)14-2/h3-6,9,12H,7-8H2,1-2H3. The topological polar surface area (TPSA) is 24.5 Å². The highest BCUT2D eigenvalue weighted by Gasteiger charge is 2.25. The highest BCUT2D eigenvalue weighted by Crippen LogP contribution is 2.24. The molecule has 0 atom stereocenters. The summed E-state index contributed by atoms with van der Waals surface area (Å²) in [5.41, 5.74) is 1.25. The number of hydrogen-bond donors (Lipinski definition) is 1. The first-order valence-electron chi connectivity index (χ1n) is 4.89. The zero-order chi connectivity index (χ0) is 9.97. The van der Waals surface area contributed by atoms with Crippen LogP contribution in [0.3, 0.4) is 0 Å². The number of anilines is 1. The smallest absolute Gasteiger partial charge is 0.120 e. The SMILES string of the molecule is CNC1CN(c2cccc(OC)c2)C1. The van der Waals surface area contributed by atoms with Crippen molar-refractivity contribution in [2.45, 2.75) is 6.04 Å². The fourth-order valence-electron chi connectivity index (χ4n) is 1.68. The van der Waals surface area contributed by atoms with E-state index in [1.54, 1.807) is 7.11 Å². The number of likely N-dealkylation sites (N-methyl/N-ethyl adjacent to an activating group) is 1. The van der Waals surface area contributed by atoms with Crippen molar-refractivity contribution in [2.75, 3.05) is 32.1 Å². The molecular weight excluding hydrogens is 176 g/mol. The minimum Gasteiger partial charge on any atom is -0.497 e. The lowest BCUT2D eigenvalue weighted by atomic mass is 10.1. The highest BCUT2D eigenvalue weighted by atomic mass is 16.5. The van der Waals surface area contributed by atoms with Gasteiger partial charge in [-0.3, -0.25) is 0 Å². The van der Waals surface area contributed by atoms with E-state index in [9.17, 15) is 0 Å². The van der Waals surface area contributed by atoms with Crippen molar-refractivity contribution < 1.29 is 4.74 Å².